The lowest BCUT2D eigenvalue weighted by atomic mass is 9.91. The predicted molar refractivity (Wildman–Crippen MR) is 251 cm³/mol. The molecule has 0 aromatic heterocycles. The molecule has 0 spiro atoms. The summed E-state index contributed by atoms with van der Waals surface area (Å²) in [7, 11) is 0. The van der Waals surface area contributed by atoms with Gasteiger partial charge in [-0.15, -0.1) is 0 Å². The summed E-state index contributed by atoms with van der Waals surface area (Å²) in [6.45, 7) is 0. The van der Waals surface area contributed by atoms with Crippen molar-refractivity contribution in [2.75, 3.05) is 4.90 Å². The van der Waals surface area contributed by atoms with E-state index >= 15 is 0 Å². The van der Waals surface area contributed by atoms with Crippen LogP contribution in [0.25, 0.3) is 77.5 Å². The standard InChI is InChI=1S/C58H39NO/c1-3-13-40(14-4-1)42-25-27-43(28-26-42)45-31-36-49(37-32-45)59(48-34-29-44(30-35-48)41-15-5-2-6-16-41)56-24-12-23-54-52-20-9-10-21-53(52)55-39-47(33-38-57(55)60-58(54)56)51-22-11-18-46-17-7-8-19-50(46)51/h1-39H. The van der Waals surface area contributed by atoms with Gasteiger partial charge in [-0.1, -0.05) is 194 Å². The number of anilines is 3. The third-order valence-electron chi connectivity index (χ3n) is 11.7. The SMILES string of the molecule is c1ccc(-c2ccc(-c3ccc(N(c4ccc(-c5ccccc5)cc4)c4cccc5c4Oc4ccc(-c6cccc7ccccc67)cc4-c4ccccc4-5)cc3)cc2)cc1. The molecule has 2 heteroatoms. The summed E-state index contributed by atoms with van der Waals surface area (Å²) >= 11 is 0. The van der Waals surface area contributed by atoms with Crippen LogP contribution in [-0.4, -0.2) is 0 Å². The molecule has 0 saturated carbocycles. The average Bonchev–Trinajstić information content (AvgIpc) is 3.47. The van der Waals surface area contributed by atoms with Crippen LogP contribution in [-0.2, 0) is 0 Å². The third-order valence-corrected chi connectivity index (χ3v) is 11.7. The maximum Gasteiger partial charge on any atom is 0.159 e. The average molecular weight is 766 g/mol. The second-order valence-corrected chi connectivity index (χ2v) is 15.3. The number of fused-ring (bicyclic) bond motifs is 6. The molecule has 10 aromatic rings. The predicted octanol–water partition coefficient (Wildman–Crippen LogP) is 16.4. The summed E-state index contributed by atoms with van der Waals surface area (Å²) in [6.07, 6.45) is 0. The highest BCUT2D eigenvalue weighted by Gasteiger charge is 2.27. The van der Waals surface area contributed by atoms with Gasteiger partial charge in [0.2, 0.25) is 0 Å². The van der Waals surface area contributed by atoms with Gasteiger partial charge >= 0.3 is 0 Å². The van der Waals surface area contributed by atoms with Crippen LogP contribution < -0.4 is 9.64 Å². The summed E-state index contributed by atoms with van der Waals surface area (Å²) in [5, 5.41) is 2.46. The van der Waals surface area contributed by atoms with Gasteiger partial charge < -0.3 is 9.64 Å². The molecule has 0 atom stereocenters. The zero-order chi connectivity index (χ0) is 39.8. The van der Waals surface area contributed by atoms with E-state index in [0.717, 1.165) is 61.9 Å². The number of ether oxygens (including phenoxy) is 1. The Balaban J connectivity index is 1.03. The quantitative estimate of drug-likeness (QED) is 0.160. The summed E-state index contributed by atoms with van der Waals surface area (Å²) in [5.74, 6) is 1.64. The van der Waals surface area contributed by atoms with Gasteiger partial charge in [0.25, 0.3) is 0 Å². The van der Waals surface area contributed by atoms with E-state index in [1.54, 1.807) is 0 Å². The Bertz CT molecular complexity index is 3130. The van der Waals surface area contributed by atoms with E-state index in [4.69, 9.17) is 4.74 Å². The molecule has 0 saturated heterocycles. The van der Waals surface area contributed by atoms with E-state index in [9.17, 15) is 0 Å². The molecule has 10 aromatic carbocycles. The number of rotatable bonds is 7. The maximum atomic E-state index is 7.21. The van der Waals surface area contributed by atoms with Crippen molar-refractivity contribution >= 4 is 27.8 Å². The summed E-state index contributed by atoms with van der Waals surface area (Å²) in [5.41, 5.74) is 16.9. The van der Waals surface area contributed by atoms with Gasteiger partial charge in [-0.3, -0.25) is 0 Å². The van der Waals surface area contributed by atoms with Gasteiger partial charge in [-0.25, -0.2) is 0 Å². The first-order valence-corrected chi connectivity index (χ1v) is 20.5. The van der Waals surface area contributed by atoms with E-state index in [-0.39, 0.29) is 0 Å². The Morgan fingerprint density at radius 1 is 0.283 bits per heavy atom. The highest BCUT2D eigenvalue weighted by atomic mass is 16.5. The maximum absolute atomic E-state index is 7.21. The first-order valence-electron chi connectivity index (χ1n) is 20.5. The fourth-order valence-corrected chi connectivity index (χ4v) is 8.71. The van der Waals surface area contributed by atoms with Crippen LogP contribution in [0.5, 0.6) is 11.5 Å². The molecule has 11 rings (SSSR count). The van der Waals surface area contributed by atoms with Crippen molar-refractivity contribution in [2.45, 2.75) is 0 Å². The second-order valence-electron chi connectivity index (χ2n) is 15.3. The van der Waals surface area contributed by atoms with Crippen molar-refractivity contribution < 1.29 is 4.74 Å². The number of benzene rings is 10. The largest absolute Gasteiger partial charge is 0.454 e. The van der Waals surface area contributed by atoms with Gasteiger partial charge in [-0.2, -0.15) is 0 Å². The Hall–Kier alpha value is -7.94. The molecule has 2 nitrogen and oxygen atoms in total. The zero-order valence-electron chi connectivity index (χ0n) is 32.9. The van der Waals surface area contributed by atoms with Crippen molar-refractivity contribution in [3.05, 3.63) is 237 Å². The van der Waals surface area contributed by atoms with Crippen molar-refractivity contribution in [3.8, 4) is 78.3 Å². The minimum atomic E-state index is 0.814. The first-order chi connectivity index (χ1) is 29.7. The molecule has 1 aliphatic rings. The molecule has 0 radical (unpaired) electrons. The lowest BCUT2D eigenvalue weighted by Gasteiger charge is -2.28. The molecule has 0 bridgehead atoms. The fraction of sp³-hybridized carbons (Fsp3) is 0. The molecule has 0 amide bonds. The van der Waals surface area contributed by atoms with Gasteiger partial charge in [-0.05, 0) is 109 Å². The molecule has 0 N–H and O–H groups in total. The van der Waals surface area contributed by atoms with E-state index in [1.807, 2.05) is 0 Å². The Morgan fingerprint density at radius 2 is 0.717 bits per heavy atom. The van der Waals surface area contributed by atoms with Crippen LogP contribution in [0.15, 0.2) is 237 Å². The van der Waals surface area contributed by atoms with Gasteiger partial charge in [0.05, 0.1) is 5.69 Å². The number of nitrogens with zero attached hydrogens (tertiary/aromatic N) is 1. The van der Waals surface area contributed by atoms with E-state index in [2.05, 4.69) is 241 Å². The Morgan fingerprint density at radius 3 is 1.33 bits per heavy atom. The van der Waals surface area contributed by atoms with Gasteiger partial charge in [0.15, 0.2) is 5.75 Å². The van der Waals surface area contributed by atoms with Crippen LogP contribution in [0.2, 0.25) is 0 Å². The van der Waals surface area contributed by atoms with Gasteiger partial charge in [0, 0.05) is 22.5 Å². The third kappa shape index (κ3) is 6.41. The minimum Gasteiger partial charge on any atom is -0.454 e. The fourth-order valence-electron chi connectivity index (χ4n) is 8.71. The second kappa shape index (κ2) is 15.1. The topological polar surface area (TPSA) is 12.5 Å². The lowest BCUT2D eigenvalue weighted by molar-refractivity contribution is 0.489. The molecule has 0 fully saturated rings. The minimum absolute atomic E-state index is 0.814. The molecule has 0 aliphatic carbocycles. The lowest BCUT2D eigenvalue weighted by Crippen LogP contribution is -2.11. The molecule has 1 aliphatic heterocycles. The normalized spacial score (nSPS) is 11.5. The summed E-state index contributed by atoms with van der Waals surface area (Å²) in [6, 6.07) is 84.6. The summed E-state index contributed by atoms with van der Waals surface area (Å²) in [4.78, 5) is 2.33. The molecule has 1 heterocycles. The van der Waals surface area contributed by atoms with Gasteiger partial charge in [0.1, 0.15) is 5.75 Å². The highest BCUT2D eigenvalue weighted by Crippen LogP contribution is 2.53. The van der Waals surface area contributed by atoms with Crippen molar-refractivity contribution in [2.24, 2.45) is 0 Å². The first kappa shape index (κ1) is 35.2. The Kier molecular flexibility index (Phi) is 8.87. The molecule has 0 unspecified atom stereocenters. The molecule has 60 heavy (non-hydrogen) atoms. The number of para-hydroxylation sites is 1. The monoisotopic (exact) mass is 765 g/mol. The highest BCUT2D eigenvalue weighted by molar-refractivity contribution is 6.00. The summed E-state index contributed by atoms with van der Waals surface area (Å²) < 4.78 is 7.21. The van der Waals surface area contributed by atoms with E-state index in [1.165, 1.54) is 44.2 Å². The Labute approximate surface area is 350 Å². The van der Waals surface area contributed by atoms with E-state index < -0.39 is 0 Å². The molecule has 282 valence electrons. The van der Waals surface area contributed by atoms with Crippen molar-refractivity contribution in [3.63, 3.8) is 0 Å². The smallest absolute Gasteiger partial charge is 0.159 e. The number of hydrogen-bond acceptors (Lipinski definition) is 2. The van der Waals surface area contributed by atoms with Crippen molar-refractivity contribution in [1.82, 2.24) is 0 Å². The van der Waals surface area contributed by atoms with Crippen molar-refractivity contribution in [1.29, 1.82) is 0 Å². The molecular weight excluding hydrogens is 727 g/mol. The van der Waals surface area contributed by atoms with Crippen LogP contribution >= 0.6 is 0 Å². The van der Waals surface area contributed by atoms with Crippen LogP contribution in [0.4, 0.5) is 17.1 Å². The van der Waals surface area contributed by atoms with E-state index in [0.29, 0.717) is 0 Å². The van der Waals surface area contributed by atoms with Crippen LogP contribution in [0, 0.1) is 0 Å². The number of hydrogen-bond donors (Lipinski definition) is 0. The zero-order valence-corrected chi connectivity index (χ0v) is 32.9. The van der Waals surface area contributed by atoms with Crippen LogP contribution in [0.3, 0.4) is 0 Å². The van der Waals surface area contributed by atoms with Crippen LogP contribution in [0.1, 0.15) is 0 Å². The molecular formula is C58H39NO.